The zero-order chi connectivity index (χ0) is 9.80. The summed E-state index contributed by atoms with van der Waals surface area (Å²) in [5.41, 5.74) is 1.60. The molecule has 0 aromatic heterocycles. The van der Waals surface area contributed by atoms with Gasteiger partial charge in [-0.15, -0.1) is 0 Å². The van der Waals surface area contributed by atoms with Gasteiger partial charge in [-0.05, 0) is 18.9 Å². The Balaban J connectivity index is 2.39. The van der Waals surface area contributed by atoms with Crippen LogP contribution in [0, 0.1) is 0 Å². The second-order valence-corrected chi connectivity index (χ2v) is 3.26. The molecule has 1 aliphatic heterocycles. The topological polar surface area (TPSA) is 26.3 Å². The molecule has 0 bridgehead atoms. The first-order valence-corrected chi connectivity index (χ1v) is 4.79. The zero-order valence-electron chi connectivity index (χ0n) is 7.90. The van der Waals surface area contributed by atoms with Gasteiger partial charge in [-0.3, -0.25) is 4.79 Å². The number of aldehydes is 1. The second-order valence-electron chi connectivity index (χ2n) is 3.26. The monoisotopic (exact) mass is 188 g/mol. The fraction of sp³-hybridized carbons (Fsp3) is 0.250. The number of benzene rings is 1. The van der Waals surface area contributed by atoms with Crippen molar-refractivity contribution in [2.75, 3.05) is 6.61 Å². The molecule has 1 aliphatic rings. The van der Waals surface area contributed by atoms with Crippen molar-refractivity contribution >= 4 is 12.0 Å². The summed E-state index contributed by atoms with van der Waals surface area (Å²) in [5, 5.41) is 0. The molecule has 14 heavy (non-hydrogen) atoms. The Kier molecular flexibility index (Phi) is 2.63. The summed E-state index contributed by atoms with van der Waals surface area (Å²) in [6, 6.07) is 7.50. The van der Waals surface area contributed by atoms with Gasteiger partial charge in [-0.25, -0.2) is 0 Å². The minimum absolute atomic E-state index is 0.695. The third-order valence-electron chi connectivity index (χ3n) is 2.29. The van der Waals surface area contributed by atoms with E-state index in [2.05, 4.69) is 0 Å². The maximum absolute atomic E-state index is 10.8. The van der Waals surface area contributed by atoms with E-state index in [0.29, 0.717) is 5.56 Å². The van der Waals surface area contributed by atoms with Crippen molar-refractivity contribution in [1.29, 1.82) is 0 Å². The standard InChI is InChI=1S/C12H12O2/c13-9-10-5-1-2-6-11(10)12-7-3-4-8-14-12/h1-2,5-7,9H,3-4,8H2. The molecule has 0 fully saturated rings. The Labute approximate surface area is 83.2 Å². The third kappa shape index (κ3) is 1.69. The molecule has 2 heteroatoms. The van der Waals surface area contributed by atoms with E-state index in [4.69, 9.17) is 4.74 Å². The van der Waals surface area contributed by atoms with Crippen molar-refractivity contribution in [3.05, 3.63) is 41.5 Å². The zero-order valence-corrected chi connectivity index (χ0v) is 7.90. The van der Waals surface area contributed by atoms with Gasteiger partial charge >= 0.3 is 0 Å². The summed E-state index contributed by atoms with van der Waals surface area (Å²) in [6.07, 6.45) is 5.01. The van der Waals surface area contributed by atoms with Gasteiger partial charge < -0.3 is 4.74 Å². The van der Waals surface area contributed by atoms with E-state index in [1.54, 1.807) is 6.07 Å². The number of hydrogen-bond donors (Lipinski definition) is 0. The Morgan fingerprint density at radius 2 is 2.14 bits per heavy atom. The van der Waals surface area contributed by atoms with Gasteiger partial charge in [0.1, 0.15) is 5.76 Å². The smallest absolute Gasteiger partial charge is 0.150 e. The highest BCUT2D eigenvalue weighted by atomic mass is 16.5. The minimum Gasteiger partial charge on any atom is -0.493 e. The van der Waals surface area contributed by atoms with Crippen molar-refractivity contribution in [2.45, 2.75) is 12.8 Å². The van der Waals surface area contributed by atoms with Crippen LogP contribution in [0.3, 0.4) is 0 Å². The average molecular weight is 188 g/mol. The Bertz CT molecular complexity index is 366. The summed E-state index contributed by atoms with van der Waals surface area (Å²) in [7, 11) is 0. The molecule has 0 spiro atoms. The van der Waals surface area contributed by atoms with E-state index >= 15 is 0 Å². The molecule has 2 rings (SSSR count). The SMILES string of the molecule is O=Cc1ccccc1C1=CCCCO1. The lowest BCUT2D eigenvalue weighted by atomic mass is 10.0. The van der Waals surface area contributed by atoms with Gasteiger partial charge in [0.05, 0.1) is 6.61 Å². The van der Waals surface area contributed by atoms with Crippen LogP contribution in [0.2, 0.25) is 0 Å². The molecular formula is C12H12O2. The van der Waals surface area contributed by atoms with Gasteiger partial charge in [0.25, 0.3) is 0 Å². The molecule has 0 aliphatic carbocycles. The average Bonchev–Trinajstić information content (AvgIpc) is 2.30. The van der Waals surface area contributed by atoms with Gasteiger partial charge in [0.15, 0.2) is 6.29 Å². The first-order chi connectivity index (χ1) is 6.92. The molecule has 1 aromatic carbocycles. The van der Waals surface area contributed by atoms with E-state index in [1.165, 1.54) is 0 Å². The summed E-state index contributed by atoms with van der Waals surface area (Å²) in [6.45, 7) is 0.749. The summed E-state index contributed by atoms with van der Waals surface area (Å²) in [4.78, 5) is 10.8. The Morgan fingerprint density at radius 3 is 2.86 bits per heavy atom. The molecule has 0 saturated heterocycles. The third-order valence-corrected chi connectivity index (χ3v) is 2.29. The molecule has 0 N–H and O–H groups in total. The Morgan fingerprint density at radius 1 is 1.29 bits per heavy atom. The van der Waals surface area contributed by atoms with E-state index in [-0.39, 0.29) is 0 Å². The van der Waals surface area contributed by atoms with Gasteiger partial charge in [-0.1, -0.05) is 24.3 Å². The van der Waals surface area contributed by atoms with Crippen molar-refractivity contribution in [1.82, 2.24) is 0 Å². The number of carbonyl (C=O) groups is 1. The normalized spacial score (nSPS) is 15.6. The predicted molar refractivity (Wildman–Crippen MR) is 55.0 cm³/mol. The Hall–Kier alpha value is -1.57. The van der Waals surface area contributed by atoms with E-state index in [1.807, 2.05) is 24.3 Å². The highest BCUT2D eigenvalue weighted by molar-refractivity contribution is 5.84. The van der Waals surface area contributed by atoms with Crippen molar-refractivity contribution in [2.24, 2.45) is 0 Å². The van der Waals surface area contributed by atoms with Crippen LogP contribution in [0.5, 0.6) is 0 Å². The highest BCUT2D eigenvalue weighted by Gasteiger charge is 2.10. The van der Waals surface area contributed by atoms with Gasteiger partial charge in [0.2, 0.25) is 0 Å². The predicted octanol–water partition coefficient (Wildman–Crippen LogP) is 2.65. The molecule has 1 aromatic rings. The molecule has 72 valence electrons. The summed E-state index contributed by atoms with van der Waals surface area (Å²) >= 11 is 0. The molecular weight excluding hydrogens is 176 g/mol. The van der Waals surface area contributed by atoms with Crippen molar-refractivity contribution in [3.63, 3.8) is 0 Å². The number of rotatable bonds is 2. The number of ether oxygens (including phenoxy) is 1. The first-order valence-electron chi connectivity index (χ1n) is 4.79. The first kappa shape index (κ1) is 9.00. The van der Waals surface area contributed by atoms with Crippen LogP contribution in [-0.2, 0) is 4.74 Å². The number of allylic oxidation sites excluding steroid dienone is 1. The molecule has 2 nitrogen and oxygen atoms in total. The lowest BCUT2D eigenvalue weighted by Crippen LogP contribution is -2.02. The van der Waals surface area contributed by atoms with Crippen LogP contribution in [0.25, 0.3) is 5.76 Å². The fourth-order valence-electron chi connectivity index (χ4n) is 1.57. The van der Waals surface area contributed by atoms with Crippen LogP contribution in [-0.4, -0.2) is 12.9 Å². The molecule has 1 heterocycles. The highest BCUT2D eigenvalue weighted by Crippen LogP contribution is 2.23. The van der Waals surface area contributed by atoms with Crippen molar-refractivity contribution < 1.29 is 9.53 Å². The largest absolute Gasteiger partial charge is 0.493 e. The second kappa shape index (κ2) is 4.09. The van der Waals surface area contributed by atoms with E-state index < -0.39 is 0 Å². The maximum Gasteiger partial charge on any atom is 0.150 e. The van der Waals surface area contributed by atoms with E-state index in [0.717, 1.165) is 37.1 Å². The molecule has 0 radical (unpaired) electrons. The van der Waals surface area contributed by atoms with Gasteiger partial charge in [-0.2, -0.15) is 0 Å². The molecule has 0 unspecified atom stereocenters. The summed E-state index contributed by atoms with van der Waals surface area (Å²) < 4.78 is 5.51. The van der Waals surface area contributed by atoms with E-state index in [9.17, 15) is 4.79 Å². The quantitative estimate of drug-likeness (QED) is 0.667. The van der Waals surface area contributed by atoms with Crippen LogP contribution in [0.15, 0.2) is 30.3 Å². The summed E-state index contributed by atoms with van der Waals surface area (Å²) in [5.74, 6) is 0.846. The van der Waals surface area contributed by atoms with Gasteiger partial charge in [0, 0.05) is 11.1 Å². The van der Waals surface area contributed by atoms with Crippen LogP contribution in [0.4, 0.5) is 0 Å². The molecule has 0 saturated carbocycles. The lowest BCUT2D eigenvalue weighted by molar-refractivity contribution is 0.112. The van der Waals surface area contributed by atoms with Crippen molar-refractivity contribution in [3.8, 4) is 0 Å². The van der Waals surface area contributed by atoms with Crippen LogP contribution in [0.1, 0.15) is 28.8 Å². The van der Waals surface area contributed by atoms with Crippen LogP contribution >= 0.6 is 0 Å². The number of hydrogen-bond acceptors (Lipinski definition) is 2. The minimum atomic E-state index is 0.695. The molecule has 0 amide bonds. The lowest BCUT2D eigenvalue weighted by Gasteiger charge is -2.15. The number of carbonyl (C=O) groups excluding carboxylic acids is 1. The molecule has 0 atom stereocenters. The fourth-order valence-corrected chi connectivity index (χ4v) is 1.57. The van der Waals surface area contributed by atoms with Crippen LogP contribution < -0.4 is 0 Å². The maximum atomic E-state index is 10.8.